The van der Waals surface area contributed by atoms with E-state index in [1.54, 1.807) is 0 Å². The molecule has 1 aliphatic heterocycles. The Kier molecular flexibility index (Phi) is 2.81. The highest BCUT2D eigenvalue weighted by atomic mass is 16.6. The van der Waals surface area contributed by atoms with Crippen molar-refractivity contribution in [1.29, 1.82) is 0 Å². The van der Waals surface area contributed by atoms with E-state index in [9.17, 15) is 9.59 Å². The van der Waals surface area contributed by atoms with E-state index >= 15 is 0 Å². The average molecular weight is 240 g/mol. The zero-order valence-corrected chi connectivity index (χ0v) is 9.90. The summed E-state index contributed by atoms with van der Waals surface area (Å²) in [7, 11) is 0. The lowest BCUT2D eigenvalue weighted by Crippen LogP contribution is -2.36. The van der Waals surface area contributed by atoms with Crippen LogP contribution < -0.4 is 5.32 Å². The van der Waals surface area contributed by atoms with E-state index in [0.717, 1.165) is 6.42 Å². The Morgan fingerprint density at radius 2 is 2.24 bits per heavy atom. The Morgan fingerprint density at radius 3 is 2.71 bits per heavy atom. The zero-order valence-electron chi connectivity index (χ0n) is 9.90. The lowest BCUT2D eigenvalue weighted by atomic mass is 10.1. The summed E-state index contributed by atoms with van der Waals surface area (Å²) in [6, 6.07) is 0. The largest absolute Gasteiger partial charge is 0.477 e. The Morgan fingerprint density at radius 1 is 1.59 bits per heavy atom. The molecule has 0 spiro atoms. The first-order valence-corrected chi connectivity index (χ1v) is 5.64. The highest BCUT2D eigenvalue weighted by molar-refractivity contribution is 6.36. The van der Waals surface area contributed by atoms with Gasteiger partial charge in [0.25, 0.3) is 5.91 Å². The number of oxime groups is 1. The number of hydrogen-bond donors (Lipinski definition) is 2. The molecule has 0 bridgehead atoms. The number of aliphatic carboxylic acids is 1. The molecule has 2 unspecified atom stereocenters. The Hall–Kier alpha value is -1.59. The molecule has 0 aromatic heterocycles. The predicted molar refractivity (Wildman–Crippen MR) is 59.5 cm³/mol. The van der Waals surface area contributed by atoms with Crippen LogP contribution in [-0.4, -0.2) is 35.3 Å². The Bertz CT molecular complexity index is 389. The number of carbonyl (C=O) groups excluding carboxylic acids is 1. The maximum atomic E-state index is 11.7. The topological polar surface area (TPSA) is 88.0 Å². The first-order chi connectivity index (χ1) is 7.90. The molecule has 6 heteroatoms. The smallest absolute Gasteiger partial charge is 0.353 e. The molecule has 0 aromatic rings. The van der Waals surface area contributed by atoms with Crippen LogP contribution in [0.1, 0.15) is 26.7 Å². The summed E-state index contributed by atoms with van der Waals surface area (Å²) in [4.78, 5) is 27.0. The Labute approximate surface area is 99.0 Å². The van der Waals surface area contributed by atoms with E-state index in [4.69, 9.17) is 9.94 Å². The van der Waals surface area contributed by atoms with Crippen LogP contribution in [0.4, 0.5) is 0 Å². The van der Waals surface area contributed by atoms with Gasteiger partial charge in [-0.1, -0.05) is 19.0 Å². The van der Waals surface area contributed by atoms with Gasteiger partial charge in [-0.2, -0.15) is 0 Å². The number of carboxylic acid groups (broad SMARTS) is 1. The van der Waals surface area contributed by atoms with Crippen LogP contribution >= 0.6 is 0 Å². The number of nitrogens with zero attached hydrogens (tertiary/aromatic N) is 1. The van der Waals surface area contributed by atoms with Crippen LogP contribution in [0.15, 0.2) is 5.16 Å². The highest BCUT2D eigenvalue weighted by Crippen LogP contribution is 2.50. The SMILES string of the molecule is CC1(C)CC1CNC(=O)C1CC(C(=O)O)=NO1. The number of carboxylic acids is 1. The second-order valence-corrected chi connectivity index (χ2v) is 5.28. The fourth-order valence-electron chi connectivity index (χ4n) is 1.91. The highest BCUT2D eigenvalue weighted by Gasteiger charge is 2.45. The molecule has 0 aromatic carbocycles. The molecule has 2 atom stereocenters. The van der Waals surface area contributed by atoms with Gasteiger partial charge in [0, 0.05) is 13.0 Å². The standard InChI is InChI=1S/C11H16N2O4/c1-11(2)4-6(11)5-12-9(14)8-3-7(10(15)16)13-17-8/h6,8H,3-5H2,1-2H3,(H,12,14)(H,15,16). The van der Waals surface area contributed by atoms with Crippen molar-refractivity contribution in [3.8, 4) is 0 Å². The van der Waals surface area contributed by atoms with Gasteiger partial charge in [-0.15, -0.1) is 0 Å². The lowest BCUT2D eigenvalue weighted by Gasteiger charge is -2.09. The quantitative estimate of drug-likeness (QED) is 0.743. The number of hydrogen-bond acceptors (Lipinski definition) is 4. The number of rotatable bonds is 4. The number of nitrogens with one attached hydrogen (secondary N) is 1. The van der Waals surface area contributed by atoms with Gasteiger partial charge in [-0.3, -0.25) is 4.79 Å². The van der Waals surface area contributed by atoms with Gasteiger partial charge in [0.2, 0.25) is 6.10 Å². The normalized spacial score (nSPS) is 29.2. The maximum absolute atomic E-state index is 11.7. The van der Waals surface area contributed by atoms with E-state index in [1.165, 1.54) is 0 Å². The second-order valence-electron chi connectivity index (χ2n) is 5.28. The minimum Gasteiger partial charge on any atom is -0.477 e. The van der Waals surface area contributed by atoms with Crippen molar-refractivity contribution in [2.24, 2.45) is 16.5 Å². The van der Waals surface area contributed by atoms with Crippen LogP contribution in [-0.2, 0) is 14.4 Å². The summed E-state index contributed by atoms with van der Waals surface area (Å²) in [5.74, 6) is -0.913. The van der Waals surface area contributed by atoms with E-state index in [2.05, 4.69) is 24.3 Å². The van der Waals surface area contributed by atoms with Crippen molar-refractivity contribution < 1.29 is 19.5 Å². The minimum absolute atomic E-state index is 0.0369. The van der Waals surface area contributed by atoms with E-state index in [1.807, 2.05) is 0 Å². The number of carbonyl (C=O) groups is 2. The van der Waals surface area contributed by atoms with Crippen molar-refractivity contribution >= 4 is 17.6 Å². The fraction of sp³-hybridized carbons (Fsp3) is 0.727. The molecule has 0 radical (unpaired) electrons. The molecule has 1 saturated carbocycles. The van der Waals surface area contributed by atoms with Crippen molar-refractivity contribution in [3.05, 3.63) is 0 Å². The van der Waals surface area contributed by atoms with Crippen molar-refractivity contribution in [2.45, 2.75) is 32.8 Å². The molecule has 1 aliphatic carbocycles. The third-order valence-electron chi connectivity index (χ3n) is 3.45. The van der Waals surface area contributed by atoms with Gasteiger partial charge in [0.05, 0.1) is 0 Å². The van der Waals surface area contributed by atoms with Gasteiger partial charge in [-0.05, 0) is 17.8 Å². The first kappa shape index (κ1) is 11.9. The number of amides is 1. The van der Waals surface area contributed by atoms with Gasteiger partial charge < -0.3 is 15.3 Å². The predicted octanol–water partition coefficient (Wildman–Crippen LogP) is 0.378. The van der Waals surface area contributed by atoms with Gasteiger partial charge in [-0.25, -0.2) is 4.79 Å². The molecule has 2 N–H and O–H groups in total. The van der Waals surface area contributed by atoms with Crippen molar-refractivity contribution in [2.75, 3.05) is 6.54 Å². The monoisotopic (exact) mass is 240 g/mol. The first-order valence-electron chi connectivity index (χ1n) is 5.64. The minimum atomic E-state index is -1.14. The maximum Gasteiger partial charge on any atom is 0.353 e. The lowest BCUT2D eigenvalue weighted by molar-refractivity contribution is -0.131. The molecule has 1 fully saturated rings. The molecule has 1 amide bonds. The summed E-state index contributed by atoms with van der Waals surface area (Å²) in [6.07, 6.45) is 0.355. The Balaban J connectivity index is 1.74. The molecule has 94 valence electrons. The molecule has 1 heterocycles. The fourth-order valence-corrected chi connectivity index (χ4v) is 1.91. The van der Waals surface area contributed by atoms with Gasteiger partial charge >= 0.3 is 5.97 Å². The van der Waals surface area contributed by atoms with Gasteiger partial charge in [0.1, 0.15) is 0 Å². The van der Waals surface area contributed by atoms with Crippen LogP contribution in [0.5, 0.6) is 0 Å². The summed E-state index contributed by atoms with van der Waals surface area (Å²) in [5, 5.41) is 14.8. The summed E-state index contributed by atoms with van der Waals surface area (Å²) < 4.78 is 0. The molecule has 6 nitrogen and oxygen atoms in total. The average Bonchev–Trinajstić information content (AvgIpc) is 2.68. The second kappa shape index (κ2) is 4.01. The molecular formula is C11H16N2O4. The summed E-state index contributed by atoms with van der Waals surface area (Å²) in [5.41, 5.74) is 0.212. The molecule has 0 saturated heterocycles. The molecule has 2 aliphatic rings. The molecule has 17 heavy (non-hydrogen) atoms. The summed E-state index contributed by atoms with van der Waals surface area (Å²) in [6.45, 7) is 4.93. The van der Waals surface area contributed by atoms with Crippen LogP contribution in [0, 0.1) is 11.3 Å². The molecular weight excluding hydrogens is 224 g/mol. The summed E-state index contributed by atoms with van der Waals surface area (Å²) >= 11 is 0. The third kappa shape index (κ3) is 2.57. The zero-order chi connectivity index (χ0) is 12.6. The van der Waals surface area contributed by atoms with Crippen LogP contribution in [0.25, 0.3) is 0 Å². The van der Waals surface area contributed by atoms with Gasteiger partial charge in [0.15, 0.2) is 5.71 Å². The van der Waals surface area contributed by atoms with E-state index in [-0.39, 0.29) is 18.0 Å². The third-order valence-corrected chi connectivity index (χ3v) is 3.45. The van der Waals surface area contributed by atoms with Crippen LogP contribution in [0.3, 0.4) is 0 Å². The van der Waals surface area contributed by atoms with Crippen molar-refractivity contribution in [1.82, 2.24) is 5.32 Å². The molecule has 2 rings (SSSR count). The van der Waals surface area contributed by atoms with Crippen LogP contribution in [0.2, 0.25) is 0 Å². The van der Waals surface area contributed by atoms with E-state index in [0.29, 0.717) is 17.9 Å². The van der Waals surface area contributed by atoms with Crippen molar-refractivity contribution in [3.63, 3.8) is 0 Å². The van der Waals surface area contributed by atoms with E-state index < -0.39 is 12.1 Å².